The van der Waals surface area contributed by atoms with Gasteiger partial charge in [-0.25, -0.2) is 8.78 Å². The van der Waals surface area contributed by atoms with E-state index in [0.717, 1.165) is 4.90 Å². The van der Waals surface area contributed by atoms with Gasteiger partial charge in [-0.1, -0.05) is 19.9 Å². The van der Waals surface area contributed by atoms with Crippen molar-refractivity contribution in [2.75, 3.05) is 6.61 Å². The Morgan fingerprint density at radius 2 is 2.00 bits per heavy atom. The zero-order valence-corrected chi connectivity index (χ0v) is 19.0. The summed E-state index contributed by atoms with van der Waals surface area (Å²) in [4.78, 5) is 18.0. The number of ether oxygens (including phenoxy) is 1. The number of nitrogens with zero attached hydrogens (tertiary/aromatic N) is 4. The summed E-state index contributed by atoms with van der Waals surface area (Å²) in [5.41, 5.74) is 1.40. The number of hydrogen-bond donors (Lipinski definition) is 0. The molecule has 8 heteroatoms. The molecular weight excluding hydrogens is 438 g/mol. The summed E-state index contributed by atoms with van der Waals surface area (Å²) < 4.78 is 54.5. The lowest BCUT2D eigenvalue weighted by atomic mass is 9.99. The lowest BCUT2D eigenvalue weighted by Crippen LogP contribution is -2.24. The topological polar surface area (TPSA) is 60.2 Å². The highest BCUT2D eigenvalue weighted by Gasteiger charge is 2.30. The van der Waals surface area contributed by atoms with Crippen LogP contribution in [0.15, 0.2) is 48.8 Å². The summed E-state index contributed by atoms with van der Waals surface area (Å²) in [5, 5.41) is 4.68. The molecule has 1 aliphatic rings. The summed E-state index contributed by atoms with van der Waals surface area (Å²) >= 11 is 0. The average molecular weight is 465 g/mol. The number of fused-ring (bicyclic) bond motifs is 2. The molecule has 1 aliphatic heterocycles. The molecule has 0 saturated heterocycles. The third-order valence-corrected chi connectivity index (χ3v) is 5.62. The van der Waals surface area contributed by atoms with Crippen molar-refractivity contribution in [3.05, 3.63) is 77.2 Å². The Hall–Kier alpha value is -3.81. The van der Waals surface area contributed by atoms with Crippen LogP contribution in [0.4, 0.5) is 8.78 Å². The Bertz CT molecular complexity index is 1500. The fourth-order valence-electron chi connectivity index (χ4n) is 4.00. The monoisotopic (exact) mass is 464 g/mol. The van der Waals surface area contributed by atoms with Crippen molar-refractivity contribution in [2.45, 2.75) is 26.9 Å². The maximum absolute atomic E-state index is 15.7. The van der Waals surface area contributed by atoms with E-state index in [-0.39, 0.29) is 47.2 Å². The van der Waals surface area contributed by atoms with Gasteiger partial charge in [-0.15, -0.1) is 0 Å². The van der Waals surface area contributed by atoms with Gasteiger partial charge in [-0.3, -0.25) is 14.5 Å². The second-order valence-electron chi connectivity index (χ2n) is 8.70. The first kappa shape index (κ1) is 19.6. The van der Waals surface area contributed by atoms with Gasteiger partial charge in [0, 0.05) is 30.4 Å². The average Bonchev–Trinajstić information content (AvgIpc) is 3.31. The second-order valence-corrected chi connectivity index (χ2v) is 8.70. The van der Waals surface area contributed by atoms with E-state index in [1.165, 1.54) is 29.1 Å². The highest BCUT2D eigenvalue weighted by molar-refractivity contribution is 5.98. The predicted octanol–water partition coefficient (Wildman–Crippen LogP) is 5.10. The predicted molar refractivity (Wildman–Crippen MR) is 124 cm³/mol. The number of benzene rings is 2. The van der Waals surface area contributed by atoms with E-state index >= 15 is 4.39 Å². The molecule has 0 radical (unpaired) electrons. The maximum Gasteiger partial charge on any atom is 0.256 e. The van der Waals surface area contributed by atoms with E-state index in [1.54, 1.807) is 31.4 Å². The van der Waals surface area contributed by atoms with Crippen LogP contribution in [0.25, 0.3) is 22.0 Å². The van der Waals surface area contributed by atoms with Gasteiger partial charge >= 0.3 is 0 Å². The molecule has 0 bridgehead atoms. The number of amides is 1. The smallest absolute Gasteiger partial charge is 0.256 e. The minimum atomic E-state index is -2.22. The van der Waals surface area contributed by atoms with Gasteiger partial charge in [-0.05, 0) is 47.4 Å². The van der Waals surface area contributed by atoms with Gasteiger partial charge in [0.25, 0.3) is 5.91 Å². The zero-order chi connectivity index (χ0) is 25.8. The fraction of sp³-hybridized carbons (Fsp3) is 0.269. The number of halogens is 2. The Labute approximate surface area is 198 Å². The van der Waals surface area contributed by atoms with Crippen molar-refractivity contribution in [1.82, 2.24) is 19.7 Å². The number of aryl methyl sites for hydroxylation is 1. The first-order chi connectivity index (χ1) is 17.1. The van der Waals surface area contributed by atoms with Crippen LogP contribution in [0.2, 0.25) is 0 Å². The molecule has 3 heterocycles. The normalized spacial score (nSPS) is 15.6. The summed E-state index contributed by atoms with van der Waals surface area (Å²) in [7, 11) is 1.68. The number of pyridine rings is 1. The minimum absolute atomic E-state index is 0.00181. The molecule has 174 valence electrons. The number of rotatable bonds is 6. The summed E-state index contributed by atoms with van der Waals surface area (Å²) in [6.45, 7) is 1.61. The molecule has 2 aromatic heterocycles. The van der Waals surface area contributed by atoms with Gasteiger partial charge in [0.15, 0.2) is 5.82 Å². The minimum Gasteiger partial charge on any atom is -0.493 e. The molecule has 6 nitrogen and oxygen atoms in total. The third kappa shape index (κ3) is 3.89. The maximum atomic E-state index is 15.7. The van der Waals surface area contributed by atoms with Gasteiger partial charge in [-0.2, -0.15) is 5.10 Å². The molecule has 0 unspecified atom stereocenters. The Balaban J connectivity index is 1.60. The Morgan fingerprint density at radius 3 is 2.76 bits per heavy atom. The molecule has 0 atom stereocenters. The number of carbonyl (C=O) groups is 1. The van der Waals surface area contributed by atoms with E-state index in [4.69, 9.17) is 7.48 Å². The lowest BCUT2D eigenvalue weighted by molar-refractivity contribution is 0.0763. The Morgan fingerprint density at radius 1 is 1.18 bits per heavy atom. The molecule has 0 spiro atoms. The molecule has 0 aliphatic carbocycles. The number of aromatic nitrogens is 3. The molecule has 4 aromatic rings. The number of carbonyl (C=O) groups excluding carboxylic acids is 1. The van der Waals surface area contributed by atoms with Crippen LogP contribution in [0.5, 0.6) is 5.75 Å². The van der Waals surface area contributed by atoms with Crippen molar-refractivity contribution in [3.8, 4) is 16.9 Å². The summed E-state index contributed by atoms with van der Waals surface area (Å²) in [6, 6.07) is 8.84. The van der Waals surface area contributed by atoms with Crippen LogP contribution in [0, 0.1) is 17.6 Å². The van der Waals surface area contributed by atoms with Crippen molar-refractivity contribution in [2.24, 2.45) is 13.0 Å². The van der Waals surface area contributed by atoms with Crippen LogP contribution in [-0.4, -0.2) is 32.2 Å². The van der Waals surface area contributed by atoms with Crippen molar-refractivity contribution in [1.29, 1.82) is 0 Å². The zero-order valence-electron chi connectivity index (χ0n) is 21.0. The van der Waals surface area contributed by atoms with E-state index in [1.807, 2.05) is 13.8 Å². The molecular formula is C26H24F2N4O2. The molecule has 34 heavy (non-hydrogen) atoms. The van der Waals surface area contributed by atoms with Crippen LogP contribution in [0.1, 0.15) is 38.2 Å². The molecule has 0 saturated carbocycles. The van der Waals surface area contributed by atoms with E-state index < -0.39 is 24.0 Å². The van der Waals surface area contributed by atoms with Crippen LogP contribution in [0.3, 0.4) is 0 Å². The van der Waals surface area contributed by atoms with Gasteiger partial charge in [0.05, 0.1) is 33.6 Å². The molecule has 1 amide bonds. The standard InChI is InChI=1S/C26H24F2N4O2/c1-15(2)14-34-24-10-16(17-6-7-21(27)25-19(17)11-31(3)30-25)9-22(28)20(24)12-32-13-23-18(26(32)33)5-4-8-29-23/h4-11,15H,12-14H2,1-3H3/i13D2. The Kier molecular flexibility index (Phi) is 4.92. The highest BCUT2D eigenvalue weighted by atomic mass is 19.1. The molecule has 2 aromatic carbocycles. The van der Waals surface area contributed by atoms with Crippen molar-refractivity contribution < 1.29 is 21.1 Å². The van der Waals surface area contributed by atoms with Crippen LogP contribution >= 0.6 is 0 Å². The second kappa shape index (κ2) is 8.52. The molecule has 5 rings (SSSR count). The first-order valence-corrected chi connectivity index (χ1v) is 10.9. The lowest BCUT2D eigenvalue weighted by Gasteiger charge is -2.20. The van der Waals surface area contributed by atoms with Crippen LogP contribution in [-0.2, 0) is 20.1 Å². The van der Waals surface area contributed by atoms with Crippen molar-refractivity contribution >= 4 is 16.8 Å². The van der Waals surface area contributed by atoms with Gasteiger partial charge in [0.1, 0.15) is 17.1 Å². The molecule has 0 fully saturated rings. The van der Waals surface area contributed by atoms with Gasteiger partial charge < -0.3 is 9.64 Å². The van der Waals surface area contributed by atoms with Crippen LogP contribution < -0.4 is 4.74 Å². The summed E-state index contributed by atoms with van der Waals surface area (Å²) in [5.74, 6) is -1.40. The highest BCUT2D eigenvalue weighted by Crippen LogP contribution is 2.36. The summed E-state index contributed by atoms with van der Waals surface area (Å²) in [6.07, 6.45) is 3.08. The van der Waals surface area contributed by atoms with Crippen molar-refractivity contribution in [3.63, 3.8) is 0 Å². The third-order valence-electron chi connectivity index (χ3n) is 5.62. The van der Waals surface area contributed by atoms with Gasteiger partial charge in [0.2, 0.25) is 0 Å². The quantitative estimate of drug-likeness (QED) is 0.398. The van der Waals surface area contributed by atoms with E-state index in [0.29, 0.717) is 16.5 Å². The van der Waals surface area contributed by atoms with E-state index in [2.05, 4.69) is 10.1 Å². The molecule has 0 N–H and O–H groups in total. The fourth-order valence-corrected chi connectivity index (χ4v) is 4.00. The number of hydrogen-bond acceptors (Lipinski definition) is 4. The first-order valence-electron chi connectivity index (χ1n) is 11.9. The largest absolute Gasteiger partial charge is 0.493 e. The van der Waals surface area contributed by atoms with E-state index in [9.17, 15) is 9.18 Å². The SMILES string of the molecule is [2H]C1([2H])c2ncccc2C(=O)N1Cc1c(F)cc(-c2ccc(F)c3nn(C)cc23)cc1OCC(C)C.